The molecule has 2 atom stereocenters. The van der Waals surface area contributed by atoms with E-state index in [1.54, 1.807) is 0 Å². The normalized spacial score (nSPS) is 13.7. The van der Waals surface area contributed by atoms with Crippen LogP contribution in [0, 0.1) is 0 Å². The summed E-state index contributed by atoms with van der Waals surface area (Å²) in [5.74, 6) is -2.01. The van der Waals surface area contributed by atoms with Crippen LogP contribution >= 0.6 is 0 Å². The van der Waals surface area contributed by atoms with Crippen LogP contribution in [0.1, 0.15) is 296 Å². The van der Waals surface area contributed by atoms with Gasteiger partial charge >= 0.3 is 17.9 Å². The predicted octanol–water partition coefficient (Wildman–Crippen LogP) is 24.6. The van der Waals surface area contributed by atoms with Gasteiger partial charge < -0.3 is 28.5 Å². The molecule has 0 aromatic carbocycles. The first-order valence-corrected chi connectivity index (χ1v) is 38.3. The number of nitrogens with zero attached hydrogens (tertiary/aromatic N) is 1. The molecule has 0 radical (unpaired) electrons. The highest BCUT2D eigenvalue weighted by Gasteiger charge is 2.25. The van der Waals surface area contributed by atoms with E-state index in [2.05, 4.69) is 184 Å². The lowest BCUT2D eigenvalue weighted by atomic mass is 10.0. The summed E-state index contributed by atoms with van der Waals surface area (Å²) in [5, 5.41) is 9.77. The van der Waals surface area contributed by atoms with Crippen molar-refractivity contribution in [2.45, 2.75) is 309 Å². The van der Waals surface area contributed by atoms with Gasteiger partial charge in [-0.1, -0.05) is 325 Å². The number of hydrogen-bond acceptors (Lipinski definition) is 7. The number of ether oxygens (including phenoxy) is 4. The van der Waals surface area contributed by atoms with E-state index in [0.717, 1.165) is 135 Å². The van der Waals surface area contributed by atoms with Gasteiger partial charge in [-0.25, -0.2) is 4.79 Å². The molecule has 95 heavy (non-hydrogen) atoms. The van der Waals surface area contributed by atoms with Crippen LogP contribution in [0.25, 0.3) is 0 Å². The summed E-state index contributed by atoms with van der Waals surface area (Å²) in [4.78, 5) is 37.7. The van der Waals surface area contributed by atoms with Crippen molar-refractivity contribution >= 4 is 17.9 Å². The molecule has 0 amide bonds. The van der Waals surface area contributed by atoms with Gasteiger partial charge in [0, 0.05) is 12.8 Å². The third-order valence-corrected chi connectivity index (χ3v) is 16.0. The van der Waals surface area contributed by atoms with Crippen molar-refractivity contribution in [3.05, 3.63) is 170 Å². The van der Waals surface area contributed by atoms with E-state index in [0.29, 0.717) is 23.9 Å². The Morgan fingerprint density at radius 1 is 0.316 bits per heavy atom. The summed E-state index contributed by atoms with van der Waals surface area (Å²) in [7, 11) is 5.97. The molecule has 538 valence electrons. The third-order valence-electron chi connectivity index (χ3n) is 16.0. The predicted molar refractivity (Wildman–Crippen MR) is 410 cm³/mol. The van der Waals surface area contributed by atoms with Crippen LogP contribution in [-0.2, 0) is 33.3 Å². The lowest BCUT2D eigenvalue weighted by molar-refractivity contribution is -0.870. The summed E-state index contributed by atoms with van der Waals surface area (Å²) in [6, 6.07) is 0. The quantitative estimate of drug-likeness (QED) is 0.0211. The topological polar surface area (TPSA) is 108 Å². The molecule has 0 aliphatic heterocycles. The molecule has 9 heteroatoms. The fourth-order valence-corrected chi connectivity index (χ4v) is 10.2. The van der Waals surface area contributed by atoms with Gasteiger partial charge in [-0.3, -0.25) is 9.59 Å². The van der Waals surface area contributed by atoms with Gasteiger partial charge in [0.1, 0.15) is 13.2 Å². The number of carboxylic acid groups (broad SMARTS) is 1. The van der Waals surface area contributed by atoms with Gasteiger partial charge in [0.15, 0.2) is 6.10 Å². The molecule has 0 spiro atoms. The molecule has 0 aromatic heterocycles. The number of carboxylic acids is 1. The summed E-state index contributed by atoms with van der Waals surface area (Å²) < 4.78 is 23.0. The SMILES string of the molecule is CC/C=C\C/C=C\C/C=C\C/C=C\C/C=C\C/C=C\C/C=C\C/C=C\C/C=C\CCCCCCCCCCCCCC(=O)OC(COC(=O)CCCCCCCCCCCCCCCCC/C=C\C/C=C\C/C=C\C/C=C\C/C=C\CC)COC(OCC[N+](C)(C)C)C(=O)O. The van der Waals surface area contributed by atoms with Crippen molar-refractivity contribution < 1.29 is 42.9 Å². The van der Waals surface area contributed by atoms with Gasteiger partial charge in [0.25, 0.3) is 6.29 Å². The number of aliphatic carboxylic acids is 1. The number of carbonyl (C=O) groups excluding carboxylic acids is 2. The van der Waals surface area contributed by atoms with Gasteiger partial charge in [0.05, 0.1) is 34.4 Å². The Hall–Kier alpha value is -5.35. The van der Waals surface area contributed by atoms with Gasteiger partial charge in [-0.2, -0.15) is 0 Å². The average Bonchev–Trinajstić information content (AvgIpc) is 2.92. The highest BCUT2D eigenvalue weighted by atomic mass is 16.7. The molecule has 0 aliphatic carbocycles. The monoisotopic (exact) mass is 1320 g/mol. The second-order valence-electron chi connectivity index (χ2n) is 26.2. The van der Waals surface area contributed by atoms with E-state index in [4.69, 9.17) is 18.9 Å². The standard InChI is InChI=1S/C86H141NO8/c1-6-8-10-12-14-16-18-20-22-24-26-28-30-32-34-36-38-39-40-41-42-43-44-45-47-49-51-53-55-57-59-61-63-65-67-69-71-73-75-77-84(89)95-82(81-94-86(85(90)91)92-79-78-87(3,4)5)80-93-83(88)76-74-72-70-68-66-64-62-60-58-56-54-52-50-48-46-37-35-33-31-29-27-25-23-21-19-17-15-13-11-9-7-2/h8-11,14-17,20-23,26-29,32-35,38-39,41-42,44-45,49,51,82,86H,6-7,12-13,18-19,24-25,30-31,36-37,40,43,46-48,50,52-81H2,1-5H3/p+1/b10-8-,11-9-,16-14-,17-15-,22-20-,23-21-,28-26-,29-27-,34-32-,35-33-,39-38-,42-41-,45-44-,51-49-. The second-order valence-corrected chi connectivity index (χ2v) is 26.2. The van der Waals surface area contributed by atoms with E-state index < -0.39 is 24.3 Å². The second kappa shape index (κ2) is 74.4. The van der Waals surface area contributed by atoms with E-state index in [-0.39, 0.29) is 32.2 Å². The minimum Gasteiger partial charge on any atom is -0.477 e. The van der Waals surface area contributed by atoms with Crippen molar-refractivity contribution in [3.8, 4) is 0 Å². The van der Waals surface area contributed by atoms with Crippen molar-refractivity contribution in [1.82, 2.24) is 0 Å². The van der Waals surface area contributed by atoms with Crippen LogP contribution in [-0.4, -0.2) is 87.4 Å². The molecule has 9 nitrogen and oxygen atoms in total. The first-order valence-electron chi connectivity index (χ1n) is 38.3. The Bertz CT molecular complexity index is 2170. The smallest absolute Gasteiger partial charge is 0.361 e. The van der Waals surface area contributed by atoms with Gasteiger partial charge in [-0.05, 0) is 128 Å². The Kier molecular flexibility index (Phi) is 70.2. The van der Waals surface area contributed by atoms with Gasteiger partial charge in [-0.15, -0.1) is 0 Å². The minimum atomic E-state index is -1.52. The Morgan fingerprint density at radius 3 is 0.842 bits per heavy atom. The molecule has 0 bridgehead atoms. The van der Waals surface area contributed by atoms with Crippen LogP contribution in [0.5, 0.6) is 0 Å². The number of likely N-dealkylation sites (N-methyl/N-ethyl adjacent to an activating group) is 1. The maximum absolute atomic E-state index is 13.0. The van der Waals surface area contributed by atoms with E-state index >= 15 is 0 Å². The van der Waals surface area contributed by atoms with Crippen molar-refractivity contribution in [1.29, 1.82) is 0 Å². The summed E-state index contributed by atoms with van der Waals surface area (Å²) >= 11 is 0. The molecular weight excluding hydrogens is 1170 g/mol. The van der Waals surface area contributed by atoms with Crippen LogP contribution in [0.4, 0.5) is 0 Å². The molecule has 0 saturated carbocycles. The highest BCUT2D eigenvalue weighted by molar-refractivity contribution is 5.71. The number of unbranched alkanes of at least 4 members (excludes halogenated alkanes) is 26. The third kappa shape index (κ3) is 75.9. The number of rotatable bonds is 69. The molecule has 2 unspecified atom stereocenters. The maximum atomic E-state index is 13.0. The molecule has 0 heterocycles. The fourth-order valence-electron chi connectivity index (χ4n) is 10.2. The van der Waals surface area contributed by atoms with E-state index in [1.165, 1.54) is 128 Å². The van der Waals surface area contributed by atoms with Crippen LogP contribution < -0.4 is 0 Å². The summed E-state index contributed by atoms with van der Waals surface area (Å²) in [6.07, 6.45) is 109. The maximum Gasteiger partial charge on any atom is 0.361 e. The lowest BCUT2D eigenvalue weighted by Gasteiger charge is -2.25. The number of quaternary nitrogens is 1. The lowest BCUT2D eigenvalue weighted by Crippen LogP contribution is -2.40. The van der Waals surface area contributed by atoms with Gasteiger partial charge in [0.2, 0.25) is 0 Å². The Labute approximate surface area is 584 Å². The Morgan fingerprint density at radius 2 is 0.568 bits per heavy atom. The first-order chi connectivity index (χ1) is 46.6. The molecule has 0 aliphatic rings. The largest absolute Gasteiger partial charge is 0.477 e. The molecule has 0 saturated heterocycles. The molecule has 0 aromatic rings. The average molecular weight is 1320 g/mol. The van der Waals surface area contributed by atoms with Crippen molar-refractivity contribution in [3.63, 3.8) is 0 Å². The highest BCUT2D eigenvalue weighted by Crippen LogP contribution is 2.17. The number of carbonyl (C=O) groups is 3. The zero-order valence-corrected chi connectivity index (χ0v) is 61.5. The fraction of sp³-hybridized carbons (Fsp3) is 0.640. The van der Waals surface area contributed by atoms with Crippen LogP contribution in [0.3, 0.4) is 0 Å². The summed E-state index contributed by atoms with van der Waals surface area (Å²) in [6.45, 7) is 4.65. The van der Waals surface area contributed by atoms with E-state index in [1.807, 2.05) is 21.1 Å². The first kappa shape index (κ1) is 89.6. The zero-order valence-electron chi connectivity index (χ0n) is 61.5. The van der Waals surface area contributed by atoms with Crippen LogP contribution in [0.15, 0.2) is 170 Å². The number of hydrogen-bond donors (Lipinski definition) is 1. The molecule has 1 N–H and O–H groups in total. The summed E-state index contributed by atoms with van der Waals surface area (Å²) in [5.41, 5.74) is 0. The molecular formula is C86H142NO8+. The number of allylic oxidation sites excluding steroid dienone is 28. The zero-order chi connectivity index (χ0) is 69.0. The molecule has 0 rings (SSSR count). The molecule has 0 fully saturated rings. The van der Waals surface area contributed by atoms with Crippen molar-refractivity contribution in [2.75, 3.05) is 47.5 Å². The van der Waals surface area contributed by atoms with Crippen molar-refractivity contribution in [2.24, 2.45) is 0 Å². The number of esters is 2. The van der Waals surface area contributed by atoms with Crippen LogP contribution in [0.2, 0.25) is 0 Å². The minimum absolute atomic E-state index is 0.180. The Balaban J connectivity index is 4.12. The van der Waals surface area contributed by atoms with E-state index in [9.17, 15) is 19.5 Å².